The van der Waals surface area contributed by atoms with Crippen LogP contribution in [0.25, 0.3) is 0 Å². The molecule has 0 unspecified atom stereocenters. The van der Waals surface area contributed by atoms with Crippen LogP contribution in [0, 0.1) is 0 Å². The molecule has 6 nitrogen and oxygen atoms in total. The predicted molar refractivity (Wildman–Crippen MR) is 84.6 cm³/mol. The van der Waals surface area contributed by atoms with Gasteiger partial charge in [0.25, 0.3) is 5.91 Å². The van der Waals surface area contributed by atoms with Gasteiger partial charge in [-0.1, -0.05) is 6.42 Å². The highest BCUT2D eigenvalue weighted by molar-refractivity contribution is 5.94. The summed E-state index contributed by atoms with van der Waals surface area (Å²) in [6.07, 6.45) is 4.63. The van der Waals surface area contributed by atoms with Gasteiger partial charge >= 0.3 is 0 Å². The fourth-order valence-electron chi connectivity index (χ4n) is 2.89. The van der Waals surface area contributed by atoms with Gasteiger partial charge < -0.3 is 19.7 Å². The van der Waals surface area contributed by atoms with Crippen molar-refractivity contribution in [2.24, 2.45) is 0 Å². The molecule has 124 valence electrons. The fourth-order valence-corrected chi connectivity index (χ4v) is 2.89. The molecule has 0 atom stereocenters. The molecule has 6 heteroatoms. The van der Waals surface area contributed by atoms with Crippen molar-refractivity contribution in [1.29, 1.82) is 0 Å². The molecule has 1 fully saturated rings. The first-order valence-corrected chi connectivity index (χ1v) is 8.20. The summed E-state index contributed by atoms with van der Waals surface area (Å²) in [5, 5.41) is 2.89. The molecule has 0 bridgehead atoms. The van der Waals surface area contributed by atoms with Crippen LogP contribution in [-0.4, -0.2) is 43.1 Å². The zero-order valence-corrected chi connectivity index (χ0v) is 13.2. The molecule has 23 heavy (non-hydrogen) atoms. The van der Waals surface area contributed by atoms with E-state index in [1.807, 2.05) is 4.90 Å². The van der Waals surface area contributed by atoms with Gasteiger partial charge in [-0.2, -0.15) is 0 Å². The molecule has 0 aromatic heterocycles. The zero-order chi connectivity index (χ0) is 16.1. The first kappa shape index (κ1) is 15.6. The van der Waals surface area contributed by atoms with Gasteiger partial charge in [0.05, 0.1) is 0 Å². The second-order valence-electron chi connectivity index (χ2n) is 5.87. The van der Waals surface area contributed by atoms with Gasteiger partial charge in [-0.3, -0.25) is 9.59 Å². The van der Waals surface area contributed by atoms with Gasteiger partial charge in [-0.15, -0.1) is 0 Å². The standard InChI is InChI=1S/C17H22N2O4/c20-16-5-2-1-3-9-19(16)10-4-8-18-17(21)13-6-7-14-15(11-13)23-12-22-14/h6-7,11H,1-5,8-10,12H2,(H,18,21). The van der Waals surface area contributed by atoms with E-state index in [9.17, 15) is 9.59 Å². The van der Waals surface area contributed by atoms with E-state index in [4.69, 9.17) is 9.47 Å². The lowest BCUT2D eigenvalue weighted by Gasteiger charge is -2.20. The normalized spacial score (nSPS) is 17.0. The number of nitrogens with one attached hydrogen (secondary N) is 1. The van der Waals surface area contributed by atoms with Crippen molar-refractivity contribution in [2.45, 2.75) is 32.1 Å². The third kappa shape index (κ3) is 3.94. The minimum absolute atomic E-state index is 0.134. The summed E-state index contributed by atoms with van der Waals surface area (Å²) < 4.78 is 10.5. The number of ether oxygens (including phenoxy) is 2. The number of amides is 2. The Morgan fingerprint density at radius 3 is 2.96 bits per heavy atom. The largest absolute Gasteiger partial charge is 0.454 e. The minimum Gasteiger partial charge on any atom is -0.454 e. The van der Waals surface area contributed by atoms with Crippen LogP contribution in [0.15, 0.2) is 18.2 Å². The third-order valence-electron chi connectivity index (χ3n) is 4.20. The molecule has 3 rings (SSSR count). The van der Waals surface area contributed by atoms with Gasteiger partial charge in [-0.25, -0.2) is 0 Å². The molecule has 0 radical (unpaired) electrons. The number of carbonyl (C=O) groups is 2. The van der Waals surface area contributed by atoms with E-state index in [0.29, 0.717) is 36.6 Å². The molecule has 2 amide bonds. The lowest BCUT2D eigenvalue weighted by molar-refractivity contribution is -0.130. The quantitative estimate of drug-likeness (QED) is 0.843. The summed E-state index contributed by atoms with van der Waals surface area (Å²) in [5.74, 6) is 1.38. The molecule has 1 aromatic rings. The molecule has 2 heterocycles. The average Bonchev–Trinajstić information content (AvgIpc) is 2.94. The summed E-state index contributed by atoms with van der Waals surface area (Å²) >= 11 is 0. The first-order chi connectivity index (χ1) is 11.2. The maximum Gasteiger partial charge on any atom is 0.251 e. The van der Waals surface area contributed by atoms with Crippen molar-refractivity contribution in [3.8, 4) is 11.5 Å². The van der Waals surface area contributed by atoms with E-state index in [1.54, 1.807) is 18.2 Å². The Morgan fingerprint density at radius 2 is 2.04 bits per heavy atom. The minimum atomic E-state index is -0.134. The summed E-state index contributed by atoms with van der Waals surface area (Å²) in [6, 6.07) is 5.16. The number of rotatable bonds is 5. The highest BCUT2D eigenvalue weighted by Gasteiger charge is 2.17. The van der Waals surface area contributed by atoms with Crippen LogP contribution in [-0.2, 0) is 4.79 Å². The molecule has 0 saturated carbocycles. The number of hydrogen-bond donors (Lipinski definition) is 1. The Hall–Kier alpha value is -2.24. The second-order valence-corrected chi connectivity index (χ2v) is 5.87. The highest BCUT2D eigenvalue weighted by Crippen LogP contribution is 2.32. The Labute approximate surface area is 135 Å². The van der Waals surface area contributed by atoms with Crippen molar-refractivity contribution in [3.63, 3.8) is 0 Å². The number of benzene rings is 1. The maximum absolute atomic E-state index is 12.1. The number of fused-ring (bicyclic) bond motifs is 1. The topological polar surface area (TPSA) is 67.9 Å². The van der Waals surface area contributed by atoms with Crippen LogP contribution in [0.1, 0.15) is 42.5 Å². The lowest BCUT2D eigenvalue weighted by atomic mass is 10.2. The van der Waals surface area contributed by atoms with Crippen LogP contribution in [0.2, 0.25) is 0 Å². The molecule has 2 aliphatic heterocycles. The summed E-state index contributed by atoms with van der Waals surface area (Å²) in [5.41, 5.74) is 0.556. The van der Waals surface area contributed by atoms with Gasteiger partial charge in [0.1, 0.15) is 0 Å². The molecule has 1 N–H and O–H groups in total. The second kappa shape index (κ2) is 7.35. The van der Waals surface area contributed by atoms with E-state index < -0.39 is 0 Å². The zero-order valence-electron chi connectivity index (χ0n) is 13.2. The Morgan fingerprint density at radius 1 is 1.17 bits per heavy atom. The smallest absolute Gasteiger partial charge is 0.251 e. The SMILES string of the molecule is O=C(NCCCN1CCCCCC1=O)c1ccc2c(c1)OCO2. The molecular weight excluding hydrogens is 296 g/mol. The Kier molecular flexibility index (Phi) is 5.00. The van der Waals surface area contributed by atoms with Crippen LogP contribution in [0.5, 0.6) is 11.5 Å². The van der Waals surface area contributed by atoms with Crippen molar-refractivity contribution >= 4 is 11.8 Å². The van der Waals surface area contributed by atoms with E-state index in [-0.39, 0.29) is 18.6 Å². The van der Waals surface area contributed by atoms with Crippen LogP contribution in [0.4, 0.5) is 0 Å². The number of nitrogens with zero attached hydrogens (tertiary/aromatic N) is 1. The van der Waals surface area contributed by atoms with Crippen molar-refractivity contribution < 1.29 is 19.1 Å². The summed E-state index contributed by atoms with van der Waals surface area (Å²) in [4.78, 5) is 25.9. The third-order valence-corrected chi connectivity index (χ3v) is 4.20. The van der Waals surface area contributed by atoms with E-state index >= 15 is 0 Å². The monoisotopic (exact) mass is 318 g/mol. The molecule has 2 aliphatic rings. The summed E-state index contributed by atoms with van der Waals surface area (Å²) in [7, 11) is 0. The number of carbonyl (C=O) groups excluding carboxylic acids is 2. The first-order valence-electron chi connectivity index (χ1n) is 8.20. The van der Waals surface area contributed by atoms with Crippen LogP contribution in [0.3, 0.4) is 0 Å². The van der Waals surface area contributed by atoms with Gasteiger partial charge in [0.15, 0.2) is 11.5 Å². The molecular formula is C17H22N2O4. The molecule has 1 aromatic carbocycles. The van der Waals surface area contributed by atoms with E-state index in [0.717, 1.165) is 32.2 Å². The fraction of sp³-hybridized carbons (Fsp3) is 0.529. The highest BCUT2D eigenvalue weighted by atomic mass is 16.7. The Bertz CT molecular complexity index is 588. The number of hydrogen-bond acceptors (Lipinski definition) is 4. The van der Waals surface area contributed by atoms with Crippen LogP contribution < -0.4 is 14.8 Å². The van der Waals surface area contributed by atoms with E-state index in [2.05, 4.69) is 5.32 Å². The van der Waals surface area contributed by atoms with Gasteiger partial charge in [0, 0.05) is 31.6 Å². The number of likely N-dealkylation sites (tertiary alicyclic amines) is 1. The molecule has 0 spiro atoms. The van der Waals surface area contributed by atoms with Crippen molar-refractivity contribution in [2.75, 3.05) is 26.4 Å². The Balaban J connectivity index is 1.43. The summed E-state index contributed by atoms with van der Waals surface area (Å²) in [6.45, 7) is 2.30. The van der Waals surface area contributed by atoms with Crippen molar-refractivity contribution in [1.82, 2.24) is 10.2 Å². The average molecular weight is 318 g/mol. The lowest BCUT2D eigenvalue weighted by Crippen LogP contribution is -2.34. The maximum atomic E-state index is 12.1. The van der Waals surface area contributed by atoms with Crippen molar-refractivity contribution in [3.05, 3.63) is 23.8 Å². The van der Waals surface area contributed by atoms with Gasteiger partial charge in [-0.05, 0) is 37.5 Å². The molecule has 0 aliphatic carbocycles. The molecule has 1 saturated heterocycles. The van der Waals surface area contributed by atoms with Crippen LogP contribution >= 0.6 is 0 Å². The van der Waals surface area contributed by atoms with E-state index in [1.165, 1.54) is 0 Å². The predicted octanol–water partition coefficient (Wildman–Crippen LogP) is 1.94. The van der Waals surface area contributed by atoms with Gasteiger partial charge in [0.2, 0.25) is 12.7 Å².